The quantitative estimate of drug-likeness (QED) is 0.695. The Kier molecular flexibility index (Phi) is 4.98. The van der Waals surface area contributed by atoms with E-state index in [-0.39, 0.29) is 23.8 Å². The van der Waals surface area contributed by atoms with Crippen molar-refractivity contribution in [1.29, 1.82) is 5.26 Å². The van der Waals surface area contributed by atoms with Crippen LogP contribution in [0.2, 0.25) is 0 Å². The second-order valence-corrected chi connectivity index (χ2v) is 5.49. The van der Waals surface area contributed by atoms with E-state index in [9.17, 15) is 17.6 Å². The number of nitrogens with zero attached hydrogens (tertiary/aromatic N) is 4. The number of pyridine rings is 1. The molecule has 1 N–H and O–H groups in total. The number of nitrogens with one attached hydrogen (secondary N) is 1. The van der Waals surface area contributed by atoms with Crippen molar-refractivity contribution in [2.75, 3.05) is 5.32 Å². The van der Waals surface area contributed by atoms with E-state index in [4.69, 9.17) is 5.26 Å². The molecule has 0 saturated carbocycles. The van der Waals surface area contributed by atoms with Crippen LogP contribution in [0.1, 0.15) is 16.7 Å². The standard InChI is InChI=1S/C18H11F4N5/c19-14-2-1-12(15(6-14)18(20,21)22)10-26-16-3-4-25-17(27-16)13-5-11(7-23)8-24-9-13/h1-6,8-9H,10H2,(H,25,26,27). The van der Waals surface area contributed by atoms with Crippen LogP contribution in [0.3, 0.4) is 0 Å². The fraction of sp³-hybridized carbons (Fsp3) is 0.111. The Bertz CT molecular complexity index is 1010. The zero-order valence-electron chi connectivity index (χ0n) is 13.6. The minimum absolute atomic E-state index is 0.114. The van der Waals surface area contributed by atoms with Crippen LogP contribution in [0.5, 0.6) is 0 Å². The number of rotatable bonds is 4. The van der Waals surface area contributed by atoms with Crippen LogP contribution in [-0.4, -0.2) is 15.0 Å². The maximum atomic E-state index is 13.2. The molecule has 1 aromatic carbocycles. The average Bonchev–Trinajstić information content (AvgIpc) is 2.66. The smallest absolute Gasteiger partial charge is 0.366 e. The molecule has 2 aromatic heterocycles. The molecular weight excluding hydrogens is 362 g/mol. The fourth-order valence-electron chi connectivity index (χ4n) is 2.37. The molecule has 0 aliphatic rings. The van der Waals surface area contributed by atoms with Gasteiger partial charge in [-0.1, -0.05) is 6.07 Å². The molecule has 0 aliphatic heterocycles. The van der Waals surface area contributed by atoms with Crippen molar-refractivity contribution in [3.63, 3.8) is 0 Å². The molecule has 0 spiro atoms. The van der Waals surface area contributed by atoms with Crippen molar-refractivity contribution in [2.45, 2.75) is 12.7 Å². The third-order valence-corrected chi connectivity index (χ3v) is 3.62. The summed E-state index contributed by atoms with van der Waals surface area (Å²) in [7, 11) is 0. The van der Waals surface area contributed by atoms with Gasteiger partial charge in [0.25, 0.3) is 0 Å². The van der Waals surface area contributed by atoms with Gasteiger partial charge in [0.05, 0.1) is 11.1 Å². The molecule has 136 valence electrons. The molecule has 3 aromatic rings. The summed E-state index contributed by atoms with van der Waals surface area (Å²) in [5, 5.41) is 11.7. The number of hydrogen-bond acceptors (Lipinski definition) is 5. The molecule has 2 heterocycles. The van der Waals surface area contributed by atoms with E-state index >= 15 is 0 Å². The van der Waals surface area contributed by atoms with Gasteiger partial charge in [-0.15, -0.1) is 0 Å². The Morgan fingerprint density at radius 3 is 2.67 bits per heavy atom. The first-order valence-corrected chi connectivity index (χ1v) is 7.65. The molecule has 0 radical (unpaired) electrons. The molecule has 27 heavy (non-hydrogen) atoms. The first kappa shape index (κ1) is 18.3. The van der Waals surface area contributed by atoms with Gasteiger partial charge in [-0.05, 0) is 29.8 Å². The maximum absolute atomic E-state index is 13.2. The fourth-order valence-corrected chi connectivity index (χ4v) is 2.37. The van der Waals surface area contributed by atoms with Crippen molar-refractivity contribution >= 4 is 5.82 Å². The van der Waals surface area contributed by atoms with Gasteiger partial charge in [-0.25, -0.2) is 14.4 Å². The van der Waals surface area contributed by atoms with Crippen molar-refractivity contribution < 1.29 is 17.6 Å². The average molecular weight is 373 g/mol. The molecule has 0 aliphatic carbocycles. The van der Waals surface area contributed by atoms with Crippen LogP contribution in [0, 0.1) is 17.1 Å². The Morgan fingerprint density at radius 1 is 1.11 bits per heavy atom. The summed E-state index contributed by atoms with van der Waals surface area (Å²) in [6.45, 7) is -0.206. The zero-order chi connectivity index (χ0) is 19.4. The summed E-state index contributed by atoms with van der Waals surface area (Å²) in [5.74, 6) is -0.417. The first-order chi connectivity index (χ1) is 12.9. The molecule has 0 saturated heterocycles. The Balaban J connectivity index is 1.83. The van der Waals surface area contributed by atoms with E-state index in [2.05, 4.69) is 20.3 Å². The highest BCUT2D eigenvalue weighted by Gasteiger charge is 2.33. The van der Waals surface area contributed by atoms with Gasteiger partial charge in [0, 0.05) is 30.7 Å². The second-order valence-electron chi connectivity index (χ2n) is 5.49. The number of nitriles is 1. The van der Waals surface area contributed by atoms with Gasteiger partial charge in [0.1, 0.15) is 17.7 Å². The molecule has 0 bridgehead atoms. The van der Waals surface area contributed by atoms with E-state index in [1.54, 1.807) is 6.07 Å². The molecular formula is C18H11F4N5. The molecule has 0 atom stereocenters. The van der Waals surface area contributed by atoms with E-state index < -0.39 is 17.6 Å². The van der Waals surface area contributed by atoms with Crippen molar-refractivity contribution in [3.05, 3.63) is 71.4 Å². The number of benzene rings is 1. The summed E-state index contributed by atoms with van der Waals surface area (Å²) >= 11 is 0. The lowest BCUT2D eigenvalue weighted by Gasteiger charge is -2.14. The Hall–Kier alpha value is -3.54. The van der Waals surface area contributed by atoms with Crippen molar-refractivity contribution in [2.24, 2.45) is 0 Å². The van der Waals surface area contributed by atoms with E-state index in [0.29, 0.717) is 17.2 Å². The highest BCUT2D eigenvalue weighted by molar-refractivity contribution is 5.57. The second kappa shape index (κ2) is 7.37. The van der Waals surface area contributed by atoms with Crippen LogP contribution >= 0.6 is 0 Å². The van der Waals surface area contributed by atoms with Gasteiger partial charge < -0.3 is 5.32 Å². The van der Waals surface area contributed by atoms with E-state index in [1.165, 1.54) is 24.7 Å². The maximum Gasteiger partial charge on any atom is 0.416 e. The summed E-state index contributed by atoms with van der Waals surface area (Å²) in [6.07, 6.45) is -0.376. The SMILES string of the molecule is N#Cc1cncc(-c2nccc(NCc3ccc(F)cc3C(F)(F)F)n2)c1. The van der Waals surface area contributed by atoms with Gasteiger partial charge >= 0.3 is 6.18 Å². The van der Waals surface area contributed by atoms with Gasteiger partial charge in [-0.3, -0.25) is 4.98 Å². The predicted octanol–water partition coefficient (Wildman–Crippen LogP) is 4.18. The lowest BCUT2D eigenvalue weighted by Crippen LogP contribution is -2.13. The van der Waals surface area contributed by atoms with Crippen LogP contribution < -0.4 is 5.32 Å². The third kappa shape index (κ3) is 4.36. The van der Waals surface area contributed by atoms with Crippen LogP contribution in [0.15, 0.2) is 48.9 Å². The van der Waals surface area contributed by atoms with Gasteiger partial charge in [0.15, 0.2) is 5.82 Å². The summed E-state index contributed by atoms with van der Waals surface area (Å²) in [6, 6.07) is 7.50. The zero-order valence-corrected chi connectivity index (χ0v) is 13.6. The number of alkyl halides is 3. The Labute approximate surface area is 151 Å². The first-order valence-electron chi connectivity index (χ1n) is 7.65. The van der Waals surface area contributed by atoms with Crippen LogP contribution in [0.25, 0.3) is 11.4 Å². The normalized spacial score (nSPS) is 11.1. The number of anilines is 1. The lowest BCUT2D eigenvalue weighted by atomic mass is 10.1. The van der Waals surface area contributed by atoms with E-state index in [0.717, 1.165) is 12.1 Å². The van der Waals surface area contributed by atoms with Crippen LogP contribution in [-0.2, 0) is 12.7 Å². The number of aromatic nitrogens is 3. The lowest BCUT2D eigenvalue weighted by molar-refractivity contribution is -0.138. The number of halogens is 4. The van der Waals surface area contributed by atoms with Crippen molar-refractivity contribution in [1.82, 2.24) is 15.0 Å². The molecule has 9 heteroatoms. The summed E-state index contributed by atoms with van der Waals surface area (Å²) < 4.78 is 52.3. The molecule has 5 nitrogen and oxygen atoms in total. The summed E-state index contributed by atoms with van der Waals surface area (Å²) in [5.41, 5.74) is -0.335. The minimum atomic E-state index is -4.67. The van der Waals surface area contributed by atoms with Crippen LogP contribution in [0.4, 0.5) is 23.4 Å². The highest BCUT2D eigenvalue weighted by atomic mass is 19.4. The van der Waals surface area contributed by atoms with E-state index in [1.807, 2.05) is 6.07 Å². The Morgan fingerprint density at radius 2 is 1.93 bits per heavy atom. The van der Waals surface area contributed by atoms with Crippen molar-refractivity contribution in [3.8, 4) is 17.5 Å². The minimum Gasteiger partial charge on any atom is -0.366 e. The predicted molar refractivity (Wildman–Crippen MR) is 88.7 cm³/mol. The molecule has 0 amide bonds. The monoisotopic (exact) mass is 373 g/mol. The van der Waals surface area contributed by atoms with Gasteiger partial charge in [0.2, 0.25) is 0 Å². The molecule has 0 unspecified atom stereocenters. The molecule has 0 fully saturated rings. The number of hydrogen-bond donors (Lipinski definition) is 1. The van der Waals surface area contributed by atoms with Gasteiger partial charge in [-0.2, -0.15) is 18.4 Å². The largest absolute Gasteiger partial charge is 0.416 e. The highest BCUT2D eigenvalue weighted by Crippen LogP contribution is 2.32. The summed E-state index contributed by atoms with van der Waals surface area (Å²) in [4.78, 5) is 12.2. The topological polar surface area (TPSA) is 74.5 Å². The molecule has 3 rings (SSSR count). The third-order valence-electron chi connectivity index (χ3n) is 3.62.